The number of carbonyl (C=O) groups is 2. The highest BCUT2D eigenvalue weighted by atomic mass is 32.2. The first-order valence-electron chi connectivity index (χ1n) is 12.2. The number of imide groups is 1. The molecule has 3 aromatic rings. The van der Waals surface area contributed by atoms with E-state index in [2.05, 4.69) is 14.9 Å². The first-order chi connectivity index (χ1) is 17.9. The zero-order chi connectivity index (χ0) is 26.4. The summed E-state index contributed by atoms with van der Waals surface area (Å²) in [6.07, 6.45) is 8.08. The lowest BCUT2D eigenvalue weighted by atomic mass is 9.99. The maximum atomic E-state index is 11.9. The Morgan fingerprint density at radius 2 is 1.84 bits per heavy atom. The van der Waals surface area contributed by atoms with Crippen LogP contribution in [0.3, 0.4) is 0 Å². The summed E-state index contributed by atoms with van der Waals surface area (Å²) in [6, 6.07) is 14.8. The number of phenolic OH excluding ortho intramolecular Hbond substituents is 1. The lowest BCUT2D eigenvalue weighted by Crippen LogP contribution is -2.39. The van der Waals surface area contributed by atoms with Crippen molar-refractivity contribution >= 4 is 23.6 Å². The molecule has 2 atom stereocenters. The fraction of sp³-hybridized carbons (Fsp3) is 0.321. The molecule has 0 radical (unpaired) electrons. The van der Waals surface area contributed by atoms with Crippen LogP contribution in [0.4, 0.5) is 0 Å². The van der Waals surface area contributed by atoms with Gasteiger partial charge in [-0.05, 0) is 61.4 Å². The van der Waals surface area contributed by atoms with E-state index in [1.807, 2.05) is 49.7 Å². The van der Waals surface area contributed by atoms with E-state index in [1.54, 1.807) is 30.0 Å². The van der Waals surface area contributed by atoms with Gasteiger partial charge in [-0.25, -0.2) is 0 Å². The van der Waals surface area contributed by atoms with Gasteiger partial charge in [0.25, 0.3) is 5.56 Å². The van der Waals surface area contributed by atoms with Crippen molar-refractivity contribution in [1.82, 2.24) is 10.3 Å². The van der Waals surface area contributed by atoms with E-state index in [1.165, 1.54) is 0 Å². The number of rotatable bonds is 10. The number of H-pyrrole nitrogens is 1. The molecule has 37 heavy (non-hydrogen) atoms. The van der Waals surface area contributed by atoms with Crippen molar-refractivity contribution in [2.75, 3.05) is 5.75 Å². The maximum absolute atomic E-state index is 11.9. The number of nitrogens with one attached hydrogen (secondary N) is 2. The number of unbranched alkanes of at least 4 members (excludes halogenated alkanes) is 2. The van der Waals surface area contributed by atoms with Crippen LogP contribution in [0.1, 0.15) is 55.0 Å². The van der Waals surface area contributed by atoms with E-state index in [9.17, 15) is 24.8 Å². The molecule has 3 N–H and O–H groups in total. The predicted molar refractivity (Wildman–Crippen MR) is 141 cm³/mol. The molecule has 3 heterocycles. The van der Waals surface area contributed by atoms with E-state index in [4.69, 9.17) is 0 Å². The Morgan fingerprint density at radius 3 is 2.49 bits per heavy atom. The number of nitriles is 1. The molecule has 0 spiro atoms. The normalized spacial score (nSPS) is 15.8. The average Bonchev–Trinajstić information content (AvgIpc) is 3.21. The molecule has 2 unspecified atom stereocenters. The summed E-state index contributed by atoms with van der Waals surface area (Å²) in [5, 5.41) is 21.1. The van der Waals surface area contributed by atoms with Crippen molar-refractivity contribution in [3.05, 3.63) is 82.0 Å². The number of carbonyl (C=O) groups excluding carboxylic acids is 2. The van der Waals surface area contributed by atoms with Gasteiger partial charge >= 0.3 is 0 Å². The van der Waals surface area contributed by atoms with Crippen LogP contribution in [0.2, 0.25) is 0 Å². The minimum Gasteiger partial charge on any atom is -0.508 e. The fourth-order valence-electron chi connectivity index (χ4n) is 4.52. The minimum atomic E-state index is -0.388. The van der Waals surface area contributed by atoms with Crippen LogP contribution in [0.15, 0.2) is 59.7 Å². The van der Waals surface area contributed by atoms with Gasteiger partial charge in [0, 0.05) is 41.8 Å². The number of phenols is 1. The number of aromatic hydroxyl groups is 1. The summed E-state index contributed by atoms with van der Waals surface area (Å²) in [6.45, 7) is 1.81. The SMILES string of the molecule is Cc1[nH]c(=O)c(C#N)cc1-c1cc[n+](C(CCCCCSC2CC(=O)NC2=O)c2ccc(O)cc2)cc1. The highest BCUT2D eigenvalue weighted by molar-refractivity contribution is 8.00. The van der Waals surface area contributed by atoms with Crippen molar-refractivity contribution in [3.63, 3.8) is 0 Å². The van der Waals surface area contributed by atoms with Gasteiger partial charge in [-0.1, -0.05) is 6.42 Å². The molecule has 190 valence electrons. The Balaban J connectivity index is 1.43. The van der Waals surface area contributed by atoms with Crippen LogP contribution in [0.25, 0.3) is 11.1 Å². The van der Waals surface area contributed by atoms with Gasteiger partial charge in [0.2, 0.25) is 11.8 Å². The van der Waals surface area contributed by atoms with Crippen LogP contribution in [0.5, 0.6) is 5.75 Å². The van der Waals surface area contributed by atoms with Crippen molar-refractivity contribution in [2.45, 2.75) is 50.3 Å². The van der Waals surface area contributed by atoms with E-state index in [0.717, 1.165) is 48.1 Å². The van der Waals surface area contributed by atoms with Gasteiger partial charge in [0.05, 0.1) is 5.25 Å². The first-order valence-corrected chi connectivity index (χ1v) is 13.3. The molecule has 1 fully saturated rings. The van der Waals surface area contributed by atoms with Gasteiger partial charge in [0.15, 0.2) is 18.4 Å². The Labute approximate surface area is 219 Å². The Morgan fingerprint density at radius 1 is 1.11 bits per heavy atom. The zero-order valence-corrected chi connectivity index (χ0v) is 21.4. The molecule has 9 heteroatoms. The Bertz CT molecular complexity index is 1380. The molecule has 1 aliphatic rings. The van der Waals surface area contributed by atoms with Crippen LogP contribution in [0, 0.1) is 18.3 Å². The lowest BCUT2D eigenvalue weighted by molar-refractivity contribution is -0.714. The van der Waals surface area contributed by atoms with Gasteiger partial charge in [-0.3, -0.25) is 19.7 Å². The van der Waals surface area contributed by atoms with Gasteiger partial charge in [-0.15, -0.1) is 11.8 Å². The summed E-state index contributed by atoms with van der Waals surface area (Å²) in [4.78, 5) is 37.7. The molecular weight excluding hydrogens is 488 g/mol. The number of aryl methyl sites for hydroxylation is 1. The van der Waals surface area contributed by atoms with Gasteiger partial charge in [0.1, 0.15) is 17.4 Å². The number of pyridine rings is 2. The standard InChI is InChI=1S/C28H28N4O4S/c1-18-23(15-21(17-29)27(35)30-18)19-10-12-32(13-11-19)24(20-6-8-22(33)9-7-20)5-3-2-4-14-37-25-16-26(34)31-28(25)36/h6-13,15,24-25H,2-5,14,16H2,1H3,(H2,31,33,34,36)/p+1. The number of hydrogen-bond acceptors (Lipinski definition) is 6. The summed E-state index contributed by atoms with van der Waals surface area (Å²) < 4.78 is 2.13. The van der Waals surface area contributed by atoms with Crippen molar-refractivity contribution in [2.24, 2.45) is 0 Å². The molecule has 2 amide bonds. The molecule has 0 saturated carbocycles. The van der Waals surface area contributed by atoms with Crippen molar-refractivity contribution in [1.29, 1.82) is 5.26 Å². The summed E-state index contributed by atoms with van der Waals surface area (Å²) in [5.74, 6) is 0.683. The fourth-order valence-corrected chi connectivity index (χ4v) is 5.66. The topological polar surface area (TPSA) is 127 Å². The number of nitrogens with zero attached hydrogens (tertiary/aromatic N) is 2. The first kappa shape index (κ1) is 26.2. The number of aromatic nitrogens is 2. The van der Waals surface area contributed by atoms with Gasteiger partial charge < -0.3 is 10.1 Å². The molecule has 1 aromatic carbocycles. The number of benzene rings is 1. The van der Waals surface area contributed by atoms with E-state index >= 15 is 0 Å². The third kappa shape index (κ3) is 6.46. The smallest absolute Gasteiger partial charge is 0.266 e. The summed E-state index contributed by atoms with van der Waals surface area (Å²) >= 11 is 1.55. The number of amides is 2. The van der Waals surface area contributed by atoms with Crippen molar-refractivity contribution < 1.29 is 19.3 Å². The van der Waals surface area contributed by atoms with E-state index in [0.29, 0.717) is 5.69 Å². The van der Waals surface area contributed by atoms with Crippen molar-refractivity contribution in [3.8, 4) is 22.9 Å². The largest absolute Gasteiger partial charge is 0.508 e. The second-order valence-electron chi connectivity index (χ2n) is 9.13. The Hall–Kier alpha value is -3.90. The van der Waals surface area contributed by atoms with Crippen LogP contribution in [-0.4, -0.2) is 32.9 Å². The number of hydrogen-bond donors (Lipinski definition) is 3. The Kier molecular flexibility index (Phi) is 8.41. The molecule has 4 rings (SSSR count). The number of thioether (sulfide) groups is 1. The van der Waals surface area contributed by atoms with Crippen LogP contribution < -0.4 is 15.4 Å². The zero-order valence-electron chi connectivity index (χ0n) is 20.6. The molecule has 0 bridgehead atoms. The average molecular weight is 518 g/mol. The minimum absolute atomic E-state index is 0.0619. The molecule has 1 saturated heterocycles. The van der Waals surface area contributed by atoms with E-state index in [-0.39, 0.29) is 46.4 Å². The predicted octanol–water partition coefficient (Wildman–Crippen LogP) is 3.51. The van der Waals surface area contributed by atoms with Crippen LogP contribution in [-0.2, 0) is 9.59 Å². The monoisotopic (exact) mass is 517 g/mol. The third-order valence-corrected chi connectivity index (χ3v) is 7.83. The third-order valence-electron chi connectivity index (χ3n) is 6.53. The quantitative estimate of drug-likeness (QED) is 0.215. The molecule has 1 aliphatic heterocycles. The van der Waals surface area contributed by atoms with Gasteiger partial charge in [-0.2, -0.15) is 9.83 Å². The summed E-state index contributed by atoms with van der Waals surface area (Å²) in [7, 11) is 0. The van der Waals surface area contributed by atoms with Crippen LogP contribution >= 0.6 is 11.8 Å². The lowest BCUT2D eigenvalue weighted by Gasteiger charge is -2.14. The molecule has 8 nitrogen and oxygen atoms in total. The summed E-state index contributed by atoms with van der Waals surface area (Å²) in [5.41, 5.74) is 3.18. The van der Waals surface area contributed by atoms with E-state index < -0.39 is 0 Å². The second kappa shape index (κ2) is 11.9. The highest BCUT2D eigenvalue weighted by Gasteiger charge is 2.30. The maximum Gasteiger partial charge on any atom is 0.266 e. The molecule has 0 aliphatic carbocycles. The number of aromatic amines is 1. The molecule has 2 aromatic heterocycles. The second-order valence-corrected chi connectivity index (χ2v) is 10.4. The highest BCUT2D eigenvalue weighted by Crippen LogP contribution is 2.26. The molecular formula is C28H29N4O4S+.